The second-order valence-corrected chi connectivity index (χ2v) is 15.2. The molecule has 0 aliphatic heterocycles. The molecule has 0 radical (unpaired) electrons. The highest BCUT2D eigenvalue weighted by atomic mass is 15.0. The molecule has 0 saturated heterocycles. The maximum Gasteiger partial charge on any atom is 0.164 e. The molecule has 0 atom stereocenters. The van der Waals surface area contributed by atoms with Crippen LogP contribution in [0.2, 0.25) is 0 Å². The van der Waals surface area contributed by atoms with Crippen molar-refractivity contribution in [1.82, 2.24) is 24.1 Å². The van der Waals surface area contributed by atoms with Gasteiger partial charge in [0.1, 0.15) is 0 Å². The number of para-hydroxylation sites is 3. The smallest absolute Gasteiger partial charge is 0.164 e. The molecule has 5 heteroatoms. The topological polar surface area (TPSA) is 48.5 Å². The first-order valence-corrected chi connectivity index (χ1v) is 20.3. The largest absolute Gasteiger partial charge is 0.309 e. The summed E-state index contributed by atoms with van der Waals surface area (Å²) in [6.07, 6.45) is 0. The maximum atomic E-state index is 5.02. The molecule has 9 aromatic carbocycles. The van der Waals surface area contributed by atoms with Gasteiger partial charge in [0.2, 0.25) is 0 Å². The number of hydrogen-bond acceptors (Lipinski definition) is 3. The van der Waals surface area contributed by atoms with E-state index in [9.17, 15) is 0 Å². The van der Waals surface area contributed by atoms with Gasteiger partial charge in [0.25, 0.3) is 0 Å². The first-order valence-electron chi connectivity index (χ1n) is 20.3. The van der Waals surface area contributed by atoms with Crippen LogP contribution >= 0.6 is 0 Å². The molecule has 12 rings (SSSR count). The zero-order valence-corrected chi connectivity index (χ0v) is 32.4. The third kappa shape index (κ3) is 5.44. The normalized spacial score (nSPS) is 11.7. The van der Waals surface area contributed by atoms with Gasteiger partial charge in [0.15, 0.2) is 17.5 Å². The Labute approximate surface area is 346 Å². The van der Waals surface area contributed by atoms with Crippen LogP contribution in [-0.2, 0) is 0 Å². The molecule has 3 heterocycles. The van der Waals surface area contributed by atoms with E-state index in [1.807, 2.05) is 60.7 Å². The summed E-state index contributed by atoms with van der Waals surface area (Å²) >= 11 is 0. The lowest BCUT2D eigenvalue weighted by atomic mass is 9.93. The highest BCUT2D eigenvalue weighted by molar-refractivity contribution is 6.22. The quantitative estimate of drug-likeness (QED) is 0.169. The molecular formula is C55H35N5. The average molecular weight is 766 g/mol. The Morgan fingerprint density at radius 1 is 0.283 bits per heavy atom. The van der Waals surface area contributed by atoms with Crippen molar-refractivity contribution in [3.8, 4) is 56.7 Å². The van der Waals surface area contributed by atoms with Gasteiger partial charge >= 0.3 is 0 Å². The number of hydrogen-bond donors (Lipinski definition) is 0. The standard InChI is InChI=1S/C55H35N5/c1-4-16-36(17-5-1)53-56-54(37-18-6-2-7-19-37)58-55(57-53)38-28-31-42(32-29-38)60-49-27-15-13-25-45(49)47-34-39-20-10-11-23-43(39)51(52(47)60)40-30-33-50-46(35-40)44-24-12-14-26-48(44)59(50)41-21-8-3-9-22-41/h1-35H. The average Bonchev–Trinajstić information content (AvgIpc) is 3.84. The van der Waals surface area contributed by atoms with Crippen molar-refractivity contribution >= 4 is 54.4 Å². The molecule has 280 valence electrons. The zero-order valence-electron chi connectivity index (χ0n) is 32.4. The molecule has 0 bridgehead atoms. The minimum absolute atomic E-state index is 0.631. The monoisotopic (exact) mass is 765 g/mol. The summed E-state index contributed by atoms with van der Waals surface area (Å²) in [5.74, 6) is 1.92. The van der Waals surface area contributed by atoms with Gasteiger partial charge in [-0.2, -0.15) is 0 Å². The van der Waals surface area contributed by atoms with Crippen molar-refractivity contribution in [2.24, 2.45) is 0 Å². The molecule has 0 spiro atoms. The van der Waals surface area contributed by atoms with Gasteiger partial charge in [-0.05, 0) is 83.1 Å². The van der Waals surface area contributed by atoms with E-state index in [-0.39, 0.29) is 0 Å². The molecule has 12 aromatic rings. The van der Waals surface area contributed by atoms with E-state index < -0.39 is 0 Å². The Hall–Kier alpha value is -8.15. The zero-order chi connectivity index (χ0) is 39.6. The van der Waals surface area contributed by atoms with Crippen LogP contribution in [0.25, 0.3) is 111 Å². The lowest BCUT2D eigenvalue weighted by molar-refractivity contribution is 1.07. The van der Waals surface area contributed by atoms with Crippen LogP contribution in [0, 0.1) is 0 Å². The predicted octanol–water partition coefficient (Wildman–Crippen LogP) is 13.9. The van der Waals surface area contributed by atoms with E-state index in [2.05, 4.69) is 161 Å². The molecule has 0 aliphatic carbocycles. The highest BCUT2D eigenvalue weighted by Gasteiger charge is 2.21. The Morgan fingerprint density at radius 3 is 1.37 bits per heavy atom. The summed E-state index contributed by atoms with van der Waals surface area (Å²) in [5, 5.41) is 7.31. The van der Waals surface area contributed by atoms with Crippen LogP contribution < -0.4 is 0 Å². The fraction of sp³-hybridized carbons (Fsp3) is 0. The molecule has 0 amide bonds. The molecule has 0 aliphatic rings. The van der Waals surface area contributed by atoms with Gasteiger partial charge in [-0.25, -0.2) is 15.0 Å². The Bertz CT molecular complexity index is 3510. The van der Waals surface area contributed by atoms with Gasteiger partial charge in [0, 0.05) is 55.2 Å². The third-order valence-corrected chi connectivity index (χ3v) is 11.7. The van der Waals surface area contributed by atoms with Crippen LogP contribution in [0.1, 0.15) is 0 Å². The summed E-state index contributed by atoms with van der Waals surface area (Å²) in [6.45, 7) is 0. The molecule has 5 nitrogen and oxygen atoms in total. The van der Waals surface area contributed by atoms with E-state index in [4.69, 9.17) is 15.0 Å². The summed E-state index contributed by atoms with van der Waals surface area (Å²) in [7, 11) is 0. The van der Waals surface area contributed by atoms with Gasteiger partial charge in [-0.3, -0.25) is 0 Å². The molecule has 0 saturated carbocycles. The molecular weight excluding hydrogens is 731 g/mol. The van der Waals surface area contributed by atoms with Crippen molar-refractivity contribution in [2.75, 3.05) is 0 Å². The first kappa shape index (κ1) is 33.9. The van der Waals surface area contributed by atoms with Crippen molar-refractivity contribution in [3.05, 3.63) is 212 Å². The molecule has 0 fully saturated rings. The van der Waals surface area contributed by atoms with Crippen molar-refractivity contribution in [1.29, 1.82) is 0 Å². The Morgan fingerprint density at radius 2 is 0.733 bits per heavy atom. The fourth-order valence-corrected chi connectivity index (χ4v) is 9.03. The van der Waals surface area contributed by atoms with Crippen molar-refractivity contribution < 1.29 is 0 Å². The first-order chi connectivity index (χ1) is 29.8. The van der Waals surface area contributed by atoms with E-state index in [0.29, 0.717) is 17.5 Å². The van der Waals surface area contributed by atoms with E-state index in [0.717, 1.165) is 33.6 Å². The lowest BCUT2D eigenvalue weighted by Gasteiger charge is -2.15. The summed E-state index contributed by atoms with van der Waals surface area (Å²) in [5.41, 5.74) is 12.1. The summed E-state index contributed by atoms with van der Waals surface area (Å²) < 4.78 is 4.82. The van der Waals surface area contributed by atoms with Crippen LogP contribution in [-0.4, -0.2) is 24.1 Å². The molecule has 0 N–H and O–H groups in total. The predicted molar refractivity (Wildman–Crippen MR) is 248 cm³/mol. The Balaban J connectivity index is 1.08. The van der Waals surface area contributed by atoms with Crippen LogP contribution in [0.3, 0.4) is 0 Å². The van der Waals surface area contributed by atoms with Gasteiger partial charge in [-0.1, -0.05) is 146 Å². The fourth-order valence-electron chi connectivity index (χ4n) is 9.03. The lowest BCUT2D eigenvalue weighted by Crippen LogP contribution is -2.00. The summed E-state index contributed by atoms with van der Waals surface area (Å²) in [4.78, 5) is 14.9. The molecule has 3 aromatic heterocycles. The summed E-state index contributed by atoms with van der Waals surface area (Å²) in [6, 6.07) is 75.2. The van der Waals surface area contributed by atoms with Crippen LogP contribution in [0.4, 0.5) is 0 Å². The number of benzene rings is 9. The second-order valence-electron chi connectivity index (χ2n) is 15.2. The maximum absolute atomic E-state index is 5.02. The number of fused-ring (bicyclic) bond motifs is 7. The molecule has 0 unspecified atom stereocenters. The van der Waals surface area contributed by atoms with E-state index >= 15 is 0 Å². The number of aromatic nitrogens is 5. The minimum Gasteiger partial charge on any atom is -0.309 e. The van der Waals surface area contributed by atoms with Gasteiger partial charge in [0.05, 0.1) is 22.1 Å². The Kier molecular flexibility index (Phi) is 7.78. The second kappa shape index (κ2) is 13.8. The van der Waals surface area contributed by atoms with Crippen LogP contribution in [0.15, 0.2) is 212 Å². The SMILES string of the molecule is c1ccc(-c2nc(-c3ccccc3)nc(-c3ccc(-n4c5ccccc5c5cc6ccccc6c(-c6ccc7c(c6)c6ccccc6n7-c6ccccc6)c54)cc3)n2)cc1. The van der Waals surface area contributed by atoms with Crippen LogP contribution in [0.5, 0.6) is 0 Å². The van der Waals surface area contributed by atoms with Crippen molar-refractivity contribution in [2.45, 2.75) is 0 Å². The van der Waals surface area contributed by atoms with E-state index in [1.54, 1.807) is 0 Å². The third-order valence-electron chi connectivity index (χ3n) is 11.7. The van der Waals surface area contributed by atoms with Gasteiger partial charge < -0.3 is 9.13 Å². The van der Waals surface area contributed by atoms with Gasteiger partial charge in [-0.15, -0.1) is 0 Å². The minimum atomic E-state index is 0.631. The number of nitrogens with zero attached hydrogens (tertiary/aromatic N) is 5. The number of rotatable bonds is 6. The van der Waals surface area contributed by atoms with Crippen molar-refractivity contribution in [3.63, 3.8) is 0 Å². The highest BCUT2D eigenvalue weighted by Crippen LogP contribution is 2.44. The van der Waals surface area contributed by atoms with E-state index in [1.165, 1.54) is 60.0 Å². The molecule has 60 heavy (non-hydrogen) atoms.